The van der Waals surface area contributed by atoms with Crippen LogP contribution in [0.3, 0.4) is 0 Å². The fourth-order valence-corrected chi connectivity index (χ4v) is 2.36. The fourth-order valence-electron chi connectivity index (χ4n) is 1.22. The molecular formula is C9H9BrN2OS. The first-order chi connectivity index (χ1) is 6.72. The van der Waals surface area contributed by atoms with E-state index in [9.17, 15) is 4.21 Å². The second-order valence-corrected chi connectivity index (χ2v) is 5.32. The molecule has 0 aliphatic carbocycles. The molecule has 3 nitrogen and oxygen atoms in total. The van der Waals surface area contributed by atoms with Crippen LogP contribution in [0, 0.1) is 0 Å². The van der Waals surface area contributed by atoms with Gasteiger partial charge < -0.3 is 4.98 Å². The van der Waals surface area contributed by atoms with E-state index in [1.165, 1.54) is 0 Å². The van der Waals surface area contributed by atoms with Crippen LogP contribution >= 0.6 is 15.9 Å². The fraction of sp³-hybridized carbons (Fsp3) is 0.222. The average molecular weight is 273 g/mol. The number of rotatable bonds is 2. The second kappa shape index (κ2) is 3.82. The molecule has 0 aliphatic rings. The van der Waals surface area contributed by atoms with Gasteiger partial charge in [0.05, 0.1) is 16.3 Å². The molecule has 1 aromatic heterocycles. The Morgan fingerprint density at radius 1 is 1.57 bits per heavy atom. The van der Waals surface area contributed by atoms with Crippen LogP contribution in [0.15, 0.2) is 27.8 Å². The van der Waals surface area contributed by atoms with Gasteiger partial charge in [0, 0.05) is 10.2 Å². The summed E-state index contributed by atoms with van der Waals surface area (Å²) in [4.78, 5) is 7.33. The molecule has 14 heavy (non-hydrogen) atoms. The Bertz CT molecular complexity index is 495. The van der Waals surface area contributed by atoms with E-state index in [1.54, 1.807) is 0 Å². The minimum absolute atomic E-state index is 0.550. The summed E-state index contributed by atoms with van der Waals surface area (Å²) in [6, 6.07) is 5.76. The predicted octanol–water partition coefficient (Wildman–Crippen LogP) is 2.45. The second-order valence-electron chi connectivity index (χ2n) is 2.81. The summed E-state index contributed by atoms with van der Waals surface area (Å²) in [6.45, 7) is 1.87. The zero-order chi connectivity index (χ0) is 10.1. The van der Waals surface area contributed by atoms with Gasteiger partial charge in [-0.25, -0.2) is 4.98 Å². The van der Waals surface area contributed by atoms with Crippen molar-refractivity contribution in [3.63, 3.8) is 0 Å². The van der Waals surface area contributed by atoms with Crippen LogP contribution in [-0.2, 0) is 10.8 Å². The Morgan fingerprint density at radius 3 is 3.00 bits per heavy atom. The molecule has 0 bridgehead atoms. The standard InChI is InChI=1S/C9H9BrN2OS/c1-2-14(13)9-11-7-5-3-4-6(10)8(7)12-9/h3-5H,2H2,1H3,(H,11,12)/t14-/m1/s1. The molecule has 1 aromatic carbocycles. The van der Waals surface area contributed by atoms with E-state index in [0.29, 0.717) is 10.9 Å². The van der Waals surface area contributed by atoms with Gasteiger partial charge in [0.2, 0.25) is 0 Å². The number of imidazole rings is 1. The Labute approximate surface area is 92.5 Å². The summed E-state index contributed by atoms with van der Waals surface area (Å²) in [5.74, 6) is 0.581. The molecule has 0 saturated carbocycles. The van der Waals surface area contributed by atoms with Crippen LogP contribution in [0.2, 0.25) is 0 Å². The number of nitrogens with one attached hydrogen (secondary N) is 1. The molecule has 1 N–H and O–H groups in total. The van der Waals surface area contributed by atoms with Crippen LogP contribution in [0.1, 0.15) is 6.92 Å². The molecule has 0 radical (unpaired) electrons. The summed E-state index contributed by atoms with van der Waals surface area (Å²) >= 11 is 3.40. The number of fused-ring (bicyclic) bond motifs is 1. The smallest absolute Gasteiger partial charge is 0.197 e. The Kier molecular flexibility index (Phi) is 2.69. The van der Waals surface area contributed by atoms with Gasteiger partial charge in [-0.2, -0.15) is 0 Å². The third-order valence-corrected chi connectivity index (χ3v) is 3.71. The van der Waals surface area contributed by atoms with E-state index in [-0.39, 0.29) is 0 Å². The maximum Gasteiger partial charge on any atom is 0.197 e. The molecule has 1 atom stereocenters. The lowest BCUT2D eigenvalue weighted by Gasteiger charge is -1.88. The normalized spacial score (nSPS) is 13.3. The van der Waals surface area contributed by atoms with Gasteiger partial charge in [-0.15, -0.1) is 0 Å². The predicted molar refractivity (Wildman–Crippen MR) is 60.7 cm³/mol. The van der Waals surface area contributed by atoms with Crippen molar-refractivity contribution in [1.29, 1.82) is 0 Å². The van der Waals surface area contributed by atoms with Crippen molar-refractivity contribution in [1.82, 2.24) is 9.97 Å². The molecule has 0 aliphatic heterocycles. The molecule has 0 amide bonds. The lowest BCUT2D eigenvalue weighted by molar-refractivity contribution is 0.679. The minimum atomic E-state index is -1.02. The average Bonchev–Trinajstić information content (AvgIpc) is 2.62. The van der Waals surface area contributed by atoms with Gasteiger partial charge >= 0.3 is 0 Å². The van der Waals surface area contributed by atoms with Crippen LogP contribution in [0.5, 0.6) is 0 Å². The molecule has 74 valence electrons. The molecule has 0 fully saturated rings. The van der Waals surface area contributed by atoms with Gasteiger partial charge in [-0.3, -0.25) is 4.21 Å². The quantitative estimate of drug-likeness (QED) is 0.913. The summed E-state index contributed by atoms with van der Waals surface area (Å²) in [7, 11) is -1.02. The van der Waals surface area contributed by atoms with Gasteiger partial charge in [0.15, 0.2) is 5.16 Å². The minimum Gasteiger partial charge on any atom is -0.331 e. The summed E-state index contributed by atoms with van der Waals surface area (Å²) in [6.07, 6.45) is 0. The number of benzene rings is 1. The molecular weight excluding hydrogens is 264 g/mol. The molecule has 2 rings (SSSR count). The third kappa shape index (κ3) is 1.62. The van der Waals surface area contributed by atoms with Crippen molar-refractivity contribution >= 4 is 37.8 Å². The highest BCUT2D eigenvalue weighted by Gasteiger charge is 2.09. The number of hydrogen-bond donors (Lipinski definition) is 1. The monoisotopic (exact) mass is 272 g/mol. The largest absolute Gasteiger partial charge is 0.331 e. The van der Waals surface area contributed by atoms with E-state index in [0.717, 1.165) is 15.5 Å². The number of hydrogen-bond acceptors (Lipinski definition) is 2. The number of para-hydroxylation sites is 1. The first-order valence-corrected chi connectivity index (χ1v) is 6.36. The van der Waals surface area contributed by atoms with Crippen molar-refractivity contribution < 1.29 is 4.21 Å². The van der Waals surface area contributed by atoms with Crippen molar-refractivity contribution in [3.05, 3.63) is 22.7 Å². The third-order valence-electron chi connectivity index (χ3n) is 1.92. The van der Waals surface area contributed by atoms with Crippen LogP contribution < -0.4 is 0 Å². The van der Waals surface area contributed by atoms with E-state index in [4.69, 9.17) is 0 Å². The summed E-state index contributed by atoms with van der Waals surface area (Å²) < 4.78 is 12.4. The summed E-state index contributed by atoms with van der Waals surface area (Å²) in [5.41, 5.74) is 1.75. The zero-order valence-electron chi connectivity index (χ0n) is 7.58. The zero-order valence-corrected chi connectivity index (χ0v) is 9.98. The Morgan fingerprint density at radius 2 is 2.36 bits per heavy atom. The SMILES string of the molecule is CC[S@@](=O)c1nc2c(Br)cccc2[nH]1. The van der Waals surface area contributed by atoms with E-state index < -0.39 is 10.8 Å². The van der Waals surface area contributed by atoms with Gasteiger partial charge in [0.1, 0.15) is 5.52 Å². The molecule has 0 spiro atoms. The lowest BCUT2D eigenvalue weighted by atomic mass is 10.3. The topological polar surface area (TPSA) is 45.8 Å². The summed E-state index contributed by atoms with van der Waals surface area (Å²) in [5, 5.41) is 0.550. The number of nitrogens with zero attached hydrogens (tertiary/aromatic N) is 1. The van der Waals surface area contributed by atoms with Gasteiger partial charge in [-0.1, -0.05) is 13.0 Å². The molecule has 1 heterocycles. The first-order valence-electron chi connectivity index (χ1n) is 4.25. The Balaban J connectivity index is 2.62. The van der Waals surface area contributed by atoms with E-state index in [2.05, 4.69) is 25.9 Å². The number of H-pyrrole nitrogens is 1. The van der Waals surface area contributed by atoms with Crippen molar-refractivity contribution in [3.8, 4) is 0 Å². The molecule has 0 unspecified atom stereocenters. The highest BCUT2D eigenvalue weighted by atomic mass is 79.9. The number of halogens is 1. The van der Waals surface area contributed by atoms with Crippen molar-refractivity contribution in [2.75, 3.05) is 5.75 Å². The first kappa shape index (κ1) is 9.86. The maximum atomic E-state index is 11.5. The van der Waals surface area contributed by atoms with E-state index in [1.807, 2.05) is 25.1 Å². The Hall–Kier alpha value is -0.680. The lowest BCUT2D eigenvalue weighted by Crippen LogP contribution is -1.95. The van der Waals surface area contributed by atoms with Gasteiger partial charge in [0.25, 0.3) is 0 Å². The highest BCUT2D eigenvalue weighted by molar-refractivity contribution is 9.10. The van der Waals surface area contributed by atoms with Crippen molar-refractivity contribution in [2.24, 2.45) is 0 Å². The van der Waals surface area contributed by atoms with E-state index >= 15 is 0 Å². The van der Waals surface area contributed by atoms with Crippen molar-refractivity contribution in [2.45, 2.75) is 12.1 Å². The molecule has 0 saturated heterocycles. The molecule has 5 heteroatoms. The molecule has 2 aromatic rings. The highest BCUT2D eigenvalue weighted by Crippen LogP contribution is 2.22. The van der Waals surface area contributed by atoms with Crippen LogP contribution in [0.25, 0.3) is 11.0 Å². The van der Waals surface area contributed by atoms with Gasteiger partial charge in [-0.05, 0) is 28.1 Å². The number of aromatic nitrogens is 2. The number of aromatic amines is 1. The maximum absolute atomic E-state index is 11.5. The van der Waals surface area contributed by atoms with Crippen LogP contribution in [0.4, 0.5) is 0 Å². The van der Waals surface area contributed by atoms with Crippen LogP contribution in [-0.4, -0.2) is 19.9 Å².